The quantitative estimate of drug-likeness (QED) is 0.719. The van der Waals surface area contributed by atoms with Crippen molar-refractivity contribution < 1.29 is 0 Å². The number of alkyl halides is 1. The maximum absolute atomic E-state index is 5.40. The van der Waals surface area contributed by atoms with Crippen molar-refractivity contribution in [1.82, 2.24) is 9.97 Å². The van der Waals surface area contributed by atoms with Crippen LogP contribution in [-0.2, 0) is 4.32 Å². The molecule has 58 valence electrons. The predicted molar refractivity (Wildman–Crippen MR) is 46.3 cm³/mol. The molecule has 0 amide bonds. The summed E-state index contributed by atoms with van der Waals surface area (Å²) < 4.78 is 0.119. The second kappa shape index (κ2) is 2.17. The van der Waals surface area contributed by atoms with Gasteiger partial charge in [-0.05, 0) is 12.8 Å². The highest BCUT2D eigenvalue weighted by atomic mass is 79.9. The fourth-order valence-electron chi connectivity index (χ4n) is 0.935. The molecule has 0 radical (unpaired) electrons. The van der Waals surface area contributed by atoms with Gasteiger partial charge in [0.2, 0.25) is 0 Å². The van der Waals surface area contributed by atoms with E-state index in [0.717, 1.165) is 18.5 Å². The maximum atomic E-state index is 5.40. The van der Waals surface area contributed by atoms with Crippen LogP contribution in [0.3, 0.4) is 0 Å². The van der Waals surface area contributed by atoms with Gasteiger partial charge in [0.05, 0.1) is 22.4 Å². The van der Waals surface area contributed by atoms with Crippen molar-refractivity contribution >= 4 is 21.7 Å². The summed E-state index contributed by atoms with van der Waals surface area (Å²) in [5.74, 6) is 0.477. The number of nitrogens with zero attached hydrogens (tertiary/aromatic N) is 2. The molecule has 1 aromatic rings. The van der Waals surface area contributed by atoms with E-state index in [-0.39, 0.29) is 4.32 Å². The average molecular weight is 214 g/mol. The van der Waals surface area contributed by atoms with Crippen molar-refractivity contribution in [1.29, 1.82) is 0 Å². The summed E-state index contributed by atoms with van der Waals surface area (Å²) in [5.41, 5.74) is 6.39. The Morgan fingerprint density at radius 2 is 2.09 bits per heavy atom. The highest BCUT2D eigenvalue weighted by molar-refractivity contribution is 9.09. The highest BCUT2D eigenvalue weighted by Crippen LogP contribution is 2.52. The zero-order valence-electron chi connectivity index (χ0n) is 5.92. The molecule has 4 heteroatoms. The average Bonchev–Trinajstić information content (AvgIpc) is 2.70. The van der Waals surface area contributed by atoms with Crippen LogP contribution in [0, 0.1) is 0 Å². The highest BCUT2D eigenvalue weighted by Gasteiger charge is 2.43. The number of nitrogen functional groups attached to an aromatic ring is 1. The second-order valence-corrected chi connectivity index (χ2v) is 4.31. The largest absolute Gasteiger partial charge is 0.382 e. The van der Waals surface area contributed by atoms with Gasteiger partial charge in [-0.15, -0.1) is 0 Å². The maximum Gasteiger partial charge on any atom is 0.141 e. The number of aromatic nitrogens is 2. The zero-order chi connectivity index (χ0) is 7.90. The standard InChI is InChI=1S/C7H8BrN3/c8-7(1-2-7)5-3-11-6(9)4-10-5/h3-4H,1-2H2,(H2,9,11). The van der Waals surface area contributed by atoms with Crippen molar-refractivity contribution in [3.8, 4) is 0 Å². The fourth-order valence-corrected chi connectivity index (χ4v) is 1.34. The van der Waals surface area contributed by atoms with Crippen LogP contribution in [0.2, 0.25) is 0 Å². The SMILES string of the molecule is Nc1cnc(C2(Br)CC2)cn1. The lowest BCUT2D eigenvalue weighted by Gasteiger charge is -2.03. The third kappa shape index (κ3) is 1.22. The van der Waals surface area contributed by atoms with Crippen LogP contribution in [0.5, 0.6) is 0 Å². The molecule has 1 aliphatic carbocycles. The molecular formula is C7H8BrN3. The molecule has 0 bridgehead atoms. The molecule has 1 saturated carbocycles. The molecule has 2 N–H and O–H groups in total. The first-order chi connectivity index (χ1) is 5.21. The molecule has 0 unspecified atom stereocenters. The summed E-state index contributed by atoms with van der Waals surface area (Å²) in [5, 5.41) is 0. The number of hydrogen-bond acceptors (Lipinski definition) is 3. The lowest BCUT2D eigenvalue weighted by atomic mass is 10.3. The summed E-state index contributed by atoms with van der Waals surface area (Å²) in [6.45, 7) is 0. The Labute approximate surface area is 73.2 Å². The van der Waals surface area contributed by atoms with E-state index >= 15 is 0 Å². The Bertz CT molecular complexity index is 266. The Hall–Kier alpha value is -0.640. The number of anilines is 1. The van der Waals surface area contributed by atoms with Gasteiger partial charge in [0.1, 0.15) is 5.82 Å². The van der Waals surface area contributed by atoms with E-state index in [9.17, 15) is 0 Å². The predicted octanol–water partition coefficient (Wildman–Crippen LogP) is 1.44. The topological polar surface area (TPSA) is 51.8 Å². The molecule has 0 atom stereocenters. The van der Waals surface area contributed by atoms with Gasteiger partial charge in [-0.3, -0.25) is 4.98 Å². The minimum absolute atomic E-state index is 0.119. The molecule has 0 spiro atoms. The first-order valence-electron chi connectivity index (χ1n) is 3.48. The molecule has 0 aromatic carbocycles. The summed E-state index contributed by atoms with van der Waals surface area (Å²) >= 11 is 3.58. The second-order valence-electron chi connectivity index (χ2n) is 2.79. The Morgan fingerprint density at radius 3 is 2.55 bits per heavy atom. The molecule has 11 heavy (non-hydrogen) atoms. The third-order valence-corrected chi connectivity index (χ3v) is 3.02. The molecule has 2 rings (SSSR count). The van der Waals surface area contributed by atoms with E-state index in [4.69, 9.17) is 5.73 Å². The van der Waals surface area contributed by atoms with E-state index in [1.54, 1.807) is 12.4 Å². The van der Waals surface area contributed by atoms with Gasteiger partial charge in [0, 0.05) is 0 Å². The molecule has 1 aromatic heterocycles. The van der Waals surface area contributed by atoms with Gasteiger partial charge in [-0.2, -0.15) is 0 Å². The summed E-state index contributed by atoms with van der Waals surface area (Å²) in [4.78, 5) is 8.15. The van der Waals surface area contributed by atoms with Gasteiger partial charge in [0.15, 0.2) is 0 Å². The Kier molecular flexibility index (Phi) is 1.39. The van der Waals surface area contributed by atoms with E-state index in [1.807, 2.05) is 0 Å². The van der Waals surface area contributed by atoms with Gasteiger partial charge >= 0.3 is 0 Å². The van der Waals surface area contributed by atoms with Gasteiger partial charge in [-0.25, -0.2) is 4.98 Å². The van der Waals surface area contributed by atoms with Gasteiger partial charge in [0.25, 0.3) is 0 Å². The smallest absolute Gasteiger partial charge is 0.141 e. The van der Waals surface area contributed by atoms with Crippen LogP contribution >= 0.6 is 15.9 Å². The summed E-state index contributed by atoms with van der Waals surface area (Å²) in [7, 11) is 0. The van der Waals surface area contributed by atoms with Gasteiger partial charge < -0.3 is 5.73 Å². The van der Waals surface area contributed by atoms with Crippen molar-refractivity contribution in [2.45, 2.75) is 17.2 Å². The Balaban J connectivity index is 2.33. The van der Waals surface area contributed by atoms with E-state index in [2.05, 4.69) is 25.9 Å². The summed E-state index contributed by atoms with van der Waals surface area (Å²) in [6.07, 6.45) is 5.62. The summed E-state index contributed by atoms with van der Waals surface area (Å²) in [6, 6.07) is 0. The monoisotopic (exact) mass is 213 g/mol. The number of nitrogens with two attached hydrogens (primary N) is 1. The molecular weight excluding hydrogens is 206 g/mol. The van der Waals surface area contributed by atoms with Crippen LogP contribution in [0.4, 0.5) is 5.82 Å². The normalized spacial score (nSPS) is 19.7. The van der Waals surface area contributed by atoms with Crippen LogP contribution in [-0.4, -0.2) is 9.97 Å². The lowest BCUT2D eigenvalue weighted by molar-refractivity contribution is 0.948. The minimum atomic E-state index is 0.119. The first kappa shape index (κ1) is 7.03. The van der Waals surface area contributed by atoms with Crippen molar-refractivity contribution in [2.75, 3.05) is 5.73 Å². The van der Waals surface area contributed by atoms with E-state index < -0.39 is 0 Å². The van der Waals surface area contributed by atoms with Crippen LogP contribution in [0.1, 0.15) is 18.5 Å². The number of hydrogen-bond donors (Lipinski definition) is 1. The van der Waals surface area contributed by atoms with Crippen LogP contribution in [0.25, 0.3) is 0 Å². The van der Waals surface area contributed by atoms with Crippen molar-refractivity contribution in [3.05, 3.63) is 18.1 Å². The molecule has 0 saturated heterocycles. The van der Waals surface area contributed by atoms with Crippen LogP contribution in [0.15, 0.2) is 12.4 Å². The number of rotatable bonds is 1. The fraction of sp³-hybridized carbons (Fsp3) is 0.429. The van der Waals surface area contributed by atoms with Crippen molar-refractivity contribution in [3.63, 3.8) is 0 Å². The number of halogens is 1. The van der Waals surface area contributed by atoms with E-state index in [1.165, 1.54) is 0 Å². The Morgan fingerprint density at radius 1 is 1.36 bits per heavy atom. The van der Waals surface area contributed by atoms with Crippen LogP contribution < -0.4 is 5.73 Å². The zero-order valence-corrected chi connectivity index (χ0v) is 7.50. The van der Waals surface area contributed by atoms with E-state index in [0.29, 0.717) is 5.82 Å². The lowest BCUT2D eigenvalue weighted by Crippen LogP contribution is -2.01. The van der Waals surface area contributed by atoms with Gasteiger partial charge in [-0.1, -0.05) is 15.9 Å². The molecule has 0 aliphatic heterocycles. The molecule has 1 fully saturated rings. The molecule has 1 heterocycles. The first-order valence-corrected chi connectivity index (χ1v) is 4.27. The minimum Gasteiger partial charge on any atom is -0.382 e. The molecule has 1 aliphatic rings. The van der Waals surface area contributed by atoms with Crippen molar-refractivity contribution in [2.24, 2.45) is 0 Å². The molecule has 3 nitrogen and oxygen atoms in total. The third-order valence-electron chi connectivity index (χ3n) is 1.82.